The second-order valence-electron chi connectivity index (χ2n) is 15.4. The Bertz CT molecular complexity index is 1200. The molecule has 8 rings (SSSR count). The first-order valence-electron chi connectivity index (χ1n) is 15.5. The third-order valence-corrected chi connectivity index (χ3v) is 13.5. The lowest BCUT2D eigenvalue weighted by molar-refractivity contribution is -0.220. The quantitative estimate of drug-likeness (QED) is 0.490. The summed E-state index contributed by atoms with van der Waals surface area (Å²) in [6.45, 7) is 4.92. The molecule has 0 unspecified atom stereocenters. The summed E-state index contributed by atoms with van der Waals surface area (Å²) in [4.78, 5) is 39.4. The number of rotatable bonds is 4. The highest BCUT2D eigenvalue weighted by Gasteiger charge is 2.75. The lowest BCUT2D eigenvalue weighted by atomic mass is 9.44. The van der Waals surface area contributed by atoms with Crippen LogP contribution in [-0.4, -0.2) is 51.7 Å². The van der Waals surface area contributed by atoms with Crippen LogP contribution in [0.2, 0.25) is 0 Å². The van der Waals surface area contributed by atoms with Gasteiger partial charge in [-0.15, -0.1) is 0 Å². The number of alkyl halides is 1. The van der Waals surface area contributed by atoms with Gasteiger partial charge in [-0.1, -0.05) is 25.5 Å². The molecule has 0 radical (unpaired) electrons. The van der Waals surface area contributed by atoms with Gasteiger partial charge in [0.15, 0.2) is 18.1 Å². The molecule has 0 amide bonds. The minimum absolute atomic E-state index is 0.0785. The molecule has 6 nitrogen and oxygen atoms in total. The van der Waals surface area contributed by atoms with Crippen molar-refractivity contribution in [3.05, 3.63) is 23.8 Å². The van der Waals surface area contributed by atoms with Crippen LogP contribution in [0.25, 0.3) is 0 Å². The fraction of sp³-hybridized carbons (Fsp3) is 0.788. The molecular weight excluding hydrogens is 511 g/mol. The van der Waals surface area contributed by atoms with Gasteiger partial charge >= 0.3 is 5.97 Å². The van der Waals surface area contributed by atoms with E-state index in [2.05, 4.69) is 0 Å². The average molecular weight is 555 g/mol. The van der Waals surface area contributed by atoms with Crippen molar-refractivity contribution in [2.24, 2.45) is 51.8 Å². The van der Waals surface area contributed by atoms with Crippen LogP contribution in [0.1, 0.15) is 85.0 Å². The van der Waals surface area contributed by atoms with Gasteiger partial charge in [0.25, 0.3) is 0 Å². The van der Waals surface area contributed by atoms with Gasteiger partial charge in [0, 0.05) is 16.7 Å². The summed E-state index contributed by atoms with van der Waals surface area (Å²) >= 11 is 0. The Morgan fingerprint density at radius 2 is 1.65 bits per heavy atom. The molecule has 7 fully saturated rings. The molecule has 0 aromatic rings. The minimum Gasteiger partial charge on any atom is -0.457 e. The summed E-state index contributed by atoms with van der Waals surface area (Å²) in [6.07, 6.45) is 10.5. The zero-order valence-electron chi connectivity index (χ0n) is 24.0. The molecule has 0 spiro atoms. The van der Waals surface area contributed by atoms with Crippen molar-refractivity contribution in [2.45, 2.75) is 102 Å². The molecule has 0 aliphatic heterocycles. The van der Waals surface area contributed by atoms with E-state index in [1.54, 1.807) is 13.0 Å². The van der Waals surface area contributed by atoms with E-state index in [-0.39, 0.29) is 24.1 Å². The first-order valence-corrected chi connectivity index (χ1v) is 15.5. The Morgan fingerprint density at radius 3 is 2.27 bits per heavy atom. The second kappa shape index (κ2) is 8.37. The number of ketones is 2. The number of fused-ring (bicyclic) bond motifs is 5. The first kappa shape index (κ1) is 27.0. The number of ether oxygens (including phenoxy) is 1. The predicted octanol–water partition coefficient (Wildman–Crippen LogP) is 4.66. The van der Waals surface area contributed by atoms with Crippen LogP contribution >= 0.6 is 0 Å². The Hall–Kier alpha value is -1.86. The third-order valence-electron chi connectivity index (χ3n) is 13.5. The van der Waals surface area contributed by atoms with E-state index >= 15 is 4.39 Å². The maximum absolute atomic E-state index is 17.4. The molecule has 0 aromatic carbocycles. The van der Waals surface area contributed by atoms with Crippen LogP contribution in [0.3, 0.4) is 0 Å². The van der Waals surface area contributed by atoms with Crippen LogP contribution in [0.15, 0.2) is 23.8 Å². The van der Waals surface area contributed by atoms with Gasteiger partial charge in [-0.05, 0) is 113 Å². The number of allylic oxidation sites excluding steroid dienone is 4. The van der Waals surface area contributed by atoms with Gasteiger partial charge in [-0.3, -0.25) is 14.4 Å². The standard InChI is InChI=1S/C33H43FO6/c1-18-8-25-24-5-4-22-12-23(35)6-7-29(22,2)32(24,34)26(36)16-30(25,3)33(18,39)27(37)17-40-28(38)31-13-19-9-20(14-31)11-21(10-19)15-31/h6-7,12,18-21,24-26,36,39H,4-5,8-11,13-17H2,1-3H3/t18-,19?,20?,21?,24+,25+,26+,29+,30+,31?,32+,33+/m1/s1. The van der Waals surface area contributed by atoms with Gasteiger partial charge in [-0.25, -0.2) is 4.39 Å². The number of halogens is 1. The van der Waals surface area contributed by atoms with Gasteiger partial charge in [0.2, 0.25) is 5.78 Å². The van der Waals surface area contributed by atoms with E-state index in [1.165, 1.54) is 31.4 Å². The molecule has 218 valence electrons. The zero-order valence-corrected chi connectivity index (χ0v) is 24.0. The normalized spacial score (nSPS) is 53.9. The molecule has 7 heteroatoms. The topological polar surface area (TPSA) is 101 Å². The average Bonchev–Trinajstić information content (AvgIpc) is 3.09. The highest BCUT2D eigenvalue weighted by atomic mass is 19.1. The van der Waals surface area contributed by atoms with Crippen molar-refractivity contribution in [1.29, 1.82) is 0 Å². The van der Waals surface area contributed by atoms with Crippen LogP contribution in [0.5, 0.6) is 0 Å². The molecule has 4 bridgehead atoms. The van der Waals surface area contributed by atoms with Crippen molar-refractivity contribution < 1.29 is 33.7 Å². The third kappa shape index (κ3) is 3.20. The molecule has 8 aliphatic rings. The number of Topliss-reactive ketones (excluding diaryl/α,β-unsaturated/α-hetero) is 1. The smallest absolute Gasteiger partial charge is 0.312 e. The molecule has 8 atom stereocenters. The lowest BCUT2D eigenvalue weighted by Crippen LogP contribution is -2.69. The van der Waals surface area contributed by atoms with Gasteiger partial charge in [0.05, 0.1) is 11.5 Å². The van der Waals surface area contributed by atoms with Crippen LogP contribution < -0.4 is 0 Å². The van der Waals surface area contributed by atoms with Crippen LogP contribution in [0, 0.1) is 51.8 Å². The minimum atomic E-state index is -2.02. The second-order valence-corrected chi connectivity index (χ2v) is 15.4. The van der Waals surface area contributed by atoms with Gasteiger partial charge in [0.1, 0.15) is 5.60 Å². The monoisotopic (exact) mass is 554 g/mol. The van der Waals surface area contributed by atoms with E-state index in [9.17, 15) is 24.6 Å². The largest absolute Gasteiger partial charge is 0.457 e. The number of carbonyl (C=O) groups excluding carboxylic acids is 3. The first-order chi connectivity index (χ1) is 18.8. The summed E-state index contributed by atoms with van der Waals surface area (Å²) < 4.78 is 23.1. The van der Waals surface area contributed by atoms with E-state index in [0.717, 1.165) is 19.3 Å². The van der Waals surface area contributed by atoms with E-state index in [4.69, 9.17) is 4.74 Å². The highest BCUT2D eigenvalue weighted by molar-refractivity contribution is 6.01. The van der Waals surface area contributed by atoms with Crippen molar-refractivity contribution in [3.8, 4) is 0 Å². The summed E-state index contributed by atoms with van der Waals surface area (Å²) in [6, 6.07) is 0. The molecular formula is C33H43FO6. The number of aliphatic hydroxyl groups is 2. The van der Waals surface area contributed by atoms with Crippen molar-refractivity contribution in [3.63, 3.8) is 0 Å². The maximum atomic E-state index is 17.4. The SMILES string of the molecule is C[C@@H]1C[C@H]2[C@@H]3CCC4=CC(=O)C=C[C@]4(C)[C@@]3(F)[C@@H](O)C[C@]2(C)[C@@]1(O)C(=O)COC(=O)C12CC3CC(CC(C3)C1)C2. The number of esters is 1. The summed E-state index contributed by atoms with van der Waals surface area (Å²) in [5.74, 6) is -0.674. The van der Waals surface area contributed by atoms with Gasteiger partial charge in [-0.2, -0.15) is 0 Å². The Kier molecular flexibility index (Phi) is 5.65. The fourth-order valence-electron chi connectivity index (χ4n) is 11.9. The predicted molar refractivity (Wildman–Crippen MR) is 144 cm³/mol. The summed E-state index contributed by atoms with van der Waals surface area (Å²) in [7, 11) is 0. The maximum Gasteiger partial charge on any atom is 0.312 e. The van der Waals surface area contributed by atoms with Crippen molar-refractivity contribution >= 4 is 17.5 Å². The van der Waals surface area contributed by atoms with E-state index in [0.29, 0.717) is 42.6 Å². The Labute approximate surface area is 235 Å². The molecule has 7 saturated carbocycles. The van der Waals surface area contributed by atoms with Crippen LogP contribution in [-0.2, 0) is 19.1 Å². The van der Waals surface area contributed by atoms with Crippen LogP contribution in [0.4, 0.5) is 4.39 Å². The fourth-order valence-corrected chi connectivity index (χ4v) is 11.9. The molecule has 2 N–H and O–H groups in total. The molecule has 40 heavy (non-hydrogen) atoms. The molecule has 0 aromatic heterocycles. The number of hydrogen-bond acceptors (Lipinski definition) is 6. The van der Waals surface area contributed by atoms with Crippen molar-refractivity contribution in [1.82, 2.24) is 0 Å². The number of aliphatic hydroxyl groups excluding tert-OH is 1. The zero-order chi connectivity index (χ0) is 28.5. The van der Waals surface area contributed by atoms with Gasteiger partial charge < -0.3 is 14.9 Å². The lowest BCUT2D eigenvalue weighted by Gasteiger charge is -2.62. The highest BCUT2D eigenvalue weighted by Crippen LogP contribution is 2.70. The van der Waals surface area contributed by atoms with E-state index in [1.807, 2.05) is 13.8 Å². The van der Waals surface area contributed by atoms with Crippen molar-refractivity contribution in [2.75, 3.05) is 6.61 Å². The Morgan fingerprint density at radius 1 is 1.02 bits per heavy atom. The molecule has 0 saturated heterocycles. The molecule has 8 aliphatic carbocycles. The van der Waals surface area contributed by atoms with E-state index < -0.39 is 57.8 Å². The summed E-state index contributed by atoms with van der Waals surface area (Å²) in [5.41, 5.74) is -5.82. The molecule has 0 heterocycles. The number of hydrogen-bond donors (Lipinski definition) is 2. The summed E-state index contributed by atoms with van der Waals surface area (Å²) in [5, 5.41) is 23.7. The Balaban J connectivity index is 1.14. The number of carbonyl (C=O) groups is 3.